The lowest BCUT2D eigenvalue weighted by Crippen LogP contribution is -2.12. The van der Waals surface area contributed by atoms with Crippen LogP contribution in [-0.4, -0.2) is 30.5 Å². The van der Waals surface area contributed by atoms with Gasteiger partial charge in [-0.05, 0) is 55.5 Å². The summed E-state index contributed by atoms with van der Waals surface area (Å²) in [5.41, 5.74) is 3.70. The van der Waals surface area contributed by atoms with Gasteiger partial charge in [-0.2, -0.15) is 0 Å². The number of aliphatic hydroxyl groups excluding tert-OH is 2. The average molecular weight is 238 g/mol. The lowest BCUT2D eigenvalue weighted by Gasteiger charge is -2.15. The highest BCUT2D eigenvalue weighted by Gasteiger charge is 2.10. The zero-order chi connectivity index (χ0) is 12.8. The molecule has 0 aliphatic heterocycles. The highest BCUT2D eigenvalue weighted by Crippen LogP contribution is 2.23. The molecule has 0 aliphatic carbocycles. The summed E-state index contributed by atoms with van der Waals surface area (Å²) in [4.78, 5) is 0. The molecule has 0 fully saturated rings. The maximum atomic E-state index is 9.04. The Labute approximate surface area is 103 Å². The van der Waals surface area contributed by atoms with Crippen molar-refractivity contribution in [2.24, 2.45) is 5.92 Å². The van der Waals surface area contributed by atoms with Gasteiger partial charge < -0.3 is 14.9 Å². The lowest BCUT2D eigenvalue weighted by atomic mass is 9.94. The third-order valence-corrected chi connectivity index (χ3v) is 3.22. The number of hydrogen-bond acceptors (Lipinski definition) is 3. The van der Waals surface area contributed by atoms with Crippen LogP contribution in [0.4, 0.5) is 0 Å². The first-order valence-corrected chi connectivity index (χ1v) is 5.98. The fourth-order valence-electron chi connectivity index (χ4n) is 2.05. The summed E-state index contributed by atoms with van der Waals surface area (Å²) in [6.45, 7) is 4.23. The molecule has 0 saturated heterocycles. The van der Waals surface area contributed by atoms with Crippen LogP contribution < -0.4 is 4.74 Å². The monoisotopic (exact) mass is 238 g/mol. The first-order chi connectivity index (χ1) is 8.12. The van der Waals surface area contributed by atoms with E-state index in [4.69, 9.17) is 14.9 Å². The molecule has 0 atom stereocenters. The van der Waals surface area contributed by atoms with Gasteiger partial charge in [0, 0.05) is 19.1 Å². The summed E-state index contributed by atoms with van der Waals surface area (Å²) in [7, 11) is 1.67. The molecule has 0 aromatic heterocycles. The topological polar surface area (TPSA) is 49.7 Å². The third-order valence-electron chi connectivity index (χ3n) is 3.22. The molecule has 0 unspecified atom stereocenters. The van der Waals surface area contributed by atoms with E-state index in [1.165, 1.54) is 16.7 Å². The minimum atomic E-state index is -0.0177. The van der Waals surface area contributed by atoms with E-state index in [1.807, 2.05) is 12.1 Å². The minimum Gasteiger partial charge on any atom is -0.497 e. The molecule has 3 heteroatoms. The maximum Gasteiger partial charge on any atom is 0.119 e. The van der Waals surface area contributed by atoms with Crippen molar-refractivity contribution in [1.82, 2.24) is 0 Å². The van der Waals surface area contributed by atoms with E-state index in [2.05, 4.69) is 13.8 Å². The second-order valence-corrected chi connectivity index (χ2v) is 4.51. The Morgan fingerprint density at radius 3 is 2.06 bits per heavy atom. The number of benzene rings is 1. The molecule has 1 aromatic carbocycles. The second-order valence-electron chi connectivity index (χ2n) is 4.51. The Bertz CT molecular complexity index is 333. The molecule has 0 saturated carbocycles. The first kappa shape index (κ1) is 14.0. The standard InChI is InChI=1S/C14H22O3/c1-10-6-13(17-3)7-11(2)14(10)5-4-12(8-15)9-16/h6-7,12,15-16H,4-5,8-9H2,1-3H3. The van der Waals surface area contributed by atoms with Gasteiger partial charge in [-0.3, -0.25) is 0 Å². The first-order valence-electron chi connectivity index (χ1n) is 5.98. The van der Waals surface area contributed by atoms with Gasteiger partial charge in [0.25, 0.3) is 0 Å². The number of aliphatic hydroxyl groups is 2. The number of aryl methyl sites for hydroxylation is 2. The molecule has 0 heterocycles. The quantitative estimate of drug-likeness (QED) is 0.795. The van der Waals surface area contributed by atoms with Gasteiger partial charge in [0.05, 0.1) is 7.11 Å². The maximum absolute atomic E-state index is 9.04. The number of rotatable bonds is 6. The van der Waals surface area contributed by atoms with Crippen molar-refractivity contribution >= 4 is 0 Å². The number of hydrogen-bond donors (Lipinski definition) is 2. The molecular weight excluding hydrogens is 216 g/mol. The minimum absolute atomic E-state index is 0.0177. The Balaban J connectivity index is 2.77. The SMILES string of the molecule is COc1cc(C)c(CCC(CO)CO)c(C)c1. The highest BCUT2D eigenvalue weighted by molar-refractivity contribution is 5.41. The Morgan fingerprint density at radius 1 is 1.12 bits per heavy atom. The summed E-state index contributed by atoms with van der Waals surface area (Å²) in [6, 6.07) is 4.05. The molecule has 3 nitrogen and oxygen atoms in total. The van der Waals surface area contributed by atoms with E-state index in [0.717, 1.165) is 18.6 Å². The summed E-state index contributed by atoms with van der Waals surface area (Å²) >= 11 is 0. The van der Waals surface area contributed by atoms with Crippen LogP contribution in [0.25, 0.3) is 0 Å². The van der Waals surface area contributed by atoms with Crippen LogP contribution in [0.15, 0.2) is 12.1 Å². The zero-order valence-corrected chi connectivity index (χ0v) is 10.9. The Hall–Kier alpha value is -1.06. The van der Waals surface area contributed by atoms with Crippen molar-refractivity contribution in [3.05, 3.63) is 28.8 Å². The van der Waals surface area contributed by atoms with Crippen molar-refractivity contribution in [3.63, 3.8) is 0 Å². The summed E-state index contributed by atoms with van der Waals surface area (Å²) < 4.78 is 5.22. The van der Waals surface area contributed by atoms with Gasteiger partial charge >= 0.3 is 0 Å². The Kier molecular flexibility index (Phi) is 5.45. The van der Waals surface area contributed by atoms with Crippen LogP contribution in [0.5, 0.6) is 5.75 Å². The Morgan fingerprint density at radius 2 is 1.65 bits per heavy atom. The van der Waals surface area contributed by atoms with Crippen LogP contribution >= 0.6 is 0 Å². The molecule has 0 amide bonds. The predicted molar refractivity (Wildman–Crippen MR) is 68.5 cm³/mol. The van der Waals surface area contributed by atoms with Crippen molar-refractivity contribution in [3.8, 4) is 5.75 Å². The van der Waals surface area contributed by atoms with Gasteiger partial charge in [0.15, 0.2) is 0 Å². The van der Waals surface area contributed by atoms with Crippen LogP contribution in [0.2, 0.25) is 0 Å². The van der Waals surface area contributed by atoms with Crippen LogP contribution in [0.1, 0.15) is 23.1 Å². The van der Waals surface area contributed by atoms with E-state index in [-0.39, 0.29) is 19.1 Å². The van der Waals surface area contributed by atoms with Crippen molar-refractivity contribution in [2.45, 2.75) is 26.7 Å². The van der Waals surface area contributed by atoms with E-state index in [1.54, 1.807) is 7.11 Å². The molecule has 0 radical (unpaired) electrons. The third kappa shape index (κ3) is 3.72. The second kappa shape index (κ2) is 6.62. The van der Waals surface area contributed by atoms with Gasteiger partial charge in [0.1, 0.15) is 5.75 Å². The molecule has 17 heavy (non-hydrogen) atoms. The fourth-order valence-corrected chi connectivity index (χ4v) is 2.05. The van der Waals surface area contributed by atoms with E-state index >= 15 is 0 Å². The summed E-state index contributed by atoms with van der Waals surface area (Å²) in [5, 5.41) is 18.1. The highest BCUT2D eigenvalue weighted by atomic mass is 16.5. The van der Waals surface area contributed by atoms with Gasteiger partial charge in [-0.25, -0.2) is 0 Å². The normalized spacial score (nSPS) is 10.9. The zero-order valence-electron chi connectivity index (χ0n) is 10.9. The van der Waals surface area contributed by atoms with Crippen LogP contribution in [-0.2, 0) is 6.42 Å². The number of methoxy groups -OCH3 is 1. The largest absolute Gasteiger partial charge is 0.497 e. The van der Waals surface area contributed by atoms with Crippen molar-refractivity contribution < 1.29 is 14.9 Å². The molecule has 0 bridgehead atoms. The average Bonchev–Trinajstić information content (AvgIpc) is 2.32. The van der Waals surface area contributed by atoms with E-state index in [0.29, 0.717) is 0 Å². The molecule has 2 N–H and O–H groups in total. The molecule has 1 rings (SSSR count). The van der Waals surface area contributed by atoms with Gasteiger partial charge in [-0.15, -0.1) is 0 Å². The van der Waals surface area contributed by atoms with Crippen molar-refractivity contribution in [2.75, 3.05) is 20.3 Å². The van der Waals surface area contributed by atoms with Crippen LogP contribution in [0, 0.1) is 19.8 Å². The lowest BCUT2D eigenvalue weighted by molar-refractivity contribution is 0.144. The molecule has 1 aromatic rings. The van der Waals surface area contributed by atoms with E-state index in [9.17, 15) is 0 Å². The number of ether oxygens (including phenoxy) is 1. The smallest absolute Gasteiger partial charge is 0.119 e. The molecular formula is C14H22O3. The van der Waals surface area contributed by atoms with E-state index < -0.39 is 0 Å². The predicted octanol–water partition coefficient (Wildman–Crippen LogP) is 1.85. The molecule has 0 spiro atoms. The summed E-state index contributed by atoms with van der Waals surface area (Å²) in [6.07, 6.45) is 1.69. The molecule has 96 valence electrons. The molecule has 0 aliphatic rings. The summed E-state index contributed by atoms with van der Waals surface area (Å²) in [5.74, 6) is 0.862. The van der Waals surface area contributed by atoms with Crippen molar-refractivity contribution in [1.29, 1.82) is 0 Å². The van der Waals surface area contributed by atoms with Gasteiger partial charge in [0.2, 0.25) is 0 Å². The van der Waals surface area contributed by atoms with Crippen LogP contribution in [0.3, 0.4) is 0 Å². The fraction of sp³-hybridized carbons (Fsp3) is 0.571. The van der Waals surface area contributed by atoms with Gasteiger partial charge in [-0.1, -0.05) is 0 Å².